The van der Waals surface area contributed by atoms with Gasteiger partial charge in [-0.1, -0.05) is 48.9 Å². The summed E-state index contributed by atoms with van der Waals surface area (Å²) in [5, 5.41) is 0. The van der Waals surface area contributed by atoms with E-state index in [1.54, 1.807) is 5.57 Å². The van der Waals surface area contributed by atoms with Crippen LogP contribution in [0.1, 0.15) is 43.7 Å². The summed E-state index contributed by atoms with van der Waals surface area (Å²) >= 11 is 0. The molecule has 2 aliphatic carbocycles. The van der Waals surface area contributed by atoms with E-state index in [0.717, 1.165) is 0 Å². The molecule has 1 aromatic rings. The number of fused-ring (bicyclic) bond motifs is 2. The number of allylic oxidation sites excluding steroid dienone is 4. The van der Waals surface area contributed by atoms with Crippen molar-refractivity contribution in [2.45, 2.75) is 32.6 Å². The summed E-state index contributed by atoms with van der Waals surface area (Å²) in [5.41, 5.74) is 6.22. The number of rotatable bonds is 0. The molecule has 0 heteroatoms. The van der Waals surface area contributed by atoms with Crippen molar-refractivity contribution >= 4 is 5.57 Å². The highest BCUT2D eigenvalue weighted by molar-refractivity contribution is 5.73. The van der Waals surface area contributed by atoms with E-state index < -0.39 is 0 Å². The molecule has 16 heavy (non-hydrogen) atoms. The first-order chi connectivity index (χ1) is 7.79. The van der Waals surface area contributed by atoms with E-state index in [1.807, 2.05) is 0 Å². The molecule has 0 aromatic heterocycles. The van der Waals surface area contributed by atoms with Crippen molar-refractivity contribution in [2.24, 2.45) is 5.92 Å². The smallest absolute Gasteiger partial charge is 0.00491 e. The van der Waals surface area contributed by atoms with E-state index in [2.05, 4.69) is 50.3 Å². The molecule has 3 rings (SSSR count). The second-order valence-electron chi connectivity index (χ2n) is 5.02. The Morgan fingerprint density at radius 2 is 2.00 bits per heavy atom. The lowest BCUT2D eigenvalue weighted by atomic mass is 9.70. The Bertz CT molecular complexity index is 477. The second-order valence-corrected chi connectivity index (χ2v) is 5.02. The molecular weight excluding hydrogens is 192 g/mol. The SMILES string of the molecule is CC1=C2CCC=CC2C(C)c2ccccc21. The molecule has 0 fully saturated rings. The van der Waals surface area contributed by atoms with Crippen molar-refractivity contribution in [2.75, 3.05) is 0 Å². The fraction of sp³-hybridized carbons (Fsp3) is 0.375. The lowest BCUT2D eigenvalue weighted by Crippen LogP contribution is -2.19. The Morgan fingerprint density at radius 3 is 2.88 bits per heavy atom. The summed E-state index contributed by atoms with van der Waals surface area (Å²) in [6.07, 6.45) is 7.25. The fourth-order valence-corrected chi connectivity index (χ4v) is 3.27. The zero-order valence-corrected chi connectivity index (χ0v) is 10.0. The molecule has 0 saturated carbocycles. The lowest BCUT2D eigenvalue weighted by Gasteiger charge is -2.35. The van der Waals surface area contributed by atoms with E-state index >= 15 is 0 Å². The van der Waals surface area contributed by atoms with Gasteiger partial charge in [0.05, 0.1) is 0 Å². The molecule has 0 spiro atoms. The molecule has 1 aromatic carbocycles. The van der Waals surface area contributed by atoms with Crippen molar-refractivity contribution in [3.63, 3.8) is 0 Å². The maximum Gasteiger partial charge on any atom is 0.00491 e. The summed E-state index contributed by atoms with van der Waals surface area (Å²) in [4.78, 5) is 0. The van der Waals surface area contributed by atoms with Gasteiger partial charge in [0.25, 0.3) is 0 Å². The first-order valence-corrected chi connectivity index (χ1v) is 6.24. The first-order valence-electron chi connectivity index (χ1n) is 6.24. The summed E-state index contributed by atoms with van der Waals surface area (Å²) < 4.78 is 0. The molecule has 0 aliphatic heterocycles. The highest BCUT2D eigenvalue weighted by Crippen LogP contribution is 2.46. The van der Waals surface area contributed by atoms with Crippen molar-refractivity contribution in [1.82, 2.24) is 0 Å². The fourth-order valence-electron chi connectivity index (χ4n) is 3.27. The van der Waals surface area contributed by atoms with E-state index in [1.165, 1.54) is 29.5 Å². The zero-order chi connectivity index (χ0) is 11.1. The third kappa shape index (κ3) is 1.29. The summed E-state index contributed by atoms with van der Waals surface area (Å²) in [5.74, 6) is 1.30. The van der Waals surface area contributed by atoms with Crippen LogP contribution in [0.25, 0.3) is 5.57 Å². The van der Waals surface area contributed by atoms with Crippen molar-refractivity contribution < 1.29 is 0 Å². The summed E-state index contributed by atoms with van der Waals surface area (Å²) in [6, 6.07) is 8.90. The molecule has 0 nitrogen and oxygen atoms in total. The second kappa shape index (κ2) is 3.62. The lowest BCUT2D eigenvalue weighted by molar-refractivity contribution is 0.568. The van der Waals surface area contributed by atoms with Gasteiger partial charge >= 0.3 is 0 Å². The number of hydrogen-bond acceptors (Lipinski definition) is 0. The Morgan fingerprint density at radius 1 is 1.19 bits per heavy atom. The average Bonchev–Trinajstić information content (AvgIpc) is 2.36. The van der Waals surface area contributed by atoms with Crippen LogP contribution in [0, 0.1) is 5.92 Å². The van der Waals surface area contributed by atoms with Crippen molar-refractivity contribution in [3.8, 4) is 0 Å². The van der Waals surface area contributed by atoms with E-state index in [0.29, 0.717) is 11.8 Å². The van der Waals surface area contributed by atoms with Crippen LogP contribution in [-0.2, 0) is 0 Å². The van der Waals surface area contributed by atoms with Gasteiger partial charge in [-0.05, 0) is 42.4 Å². The minimum Gasteiger partial charge on any atom is -0.0876 e. The molecule has 2 atom stereocenters. The monoisotopic (exact) mass is 210 g/mol. The van der Waals surface area contributed by atoms with Crippen molar-refractivity contribution in [3.05, 3.63) is 53.1 Å². The minimum atomic E-state index is 0.645. The van der Waals surface area contributed by atoms with Gasteiger partial charge in [0.2, 0.25) is 0 Å². The van der Waals surface area contributed by atoms with Crippen LogP contribution >= 0.6 is 0 Å². The Balaban J connectivity index is 2.23. The normalized spacial score (nSPS) is 27.6. The molecular formula is C16H18. The van der Waals surface area contributed by atoms with Crippen LogP contribution in [0.15, 0.2) is 42.0 Å². The van der Waals surface area contributed by atoms with Gasteiger partial charge in [-0.15, -0.1) is 0 Å². The maximum absolute atomic E-state index is 2.42. The standard InChI is InChI=1S/C16H18/c1-11-13-7-3-5-9-15(13)12(2)16-10-6-4-8-14(11)16/h3-5,7-9,11,14H,6,10H2,1-2H3. The Labute approximate surface area is 97.7 Å². The van der Waals surface area contributed by atoms with E-state index in [4.69, 9.17) is 0 Å². The van der Waals surface area contributed by atoms with Crippen LogP contribution in [-0.4, -0.2) is 0 Å². The number of benzene rings is 1. The molecule has 0 heterocycles. The van der Waals surface area contributed by atoms with E-state index in [-0.39, 0.29) is 0 Å². The molecule has 0 amide bonds. The van der Waals surface area contributed by atoms with E-state index in [9.17, 15) is 0 Å². The largest absolute Gasteiger partial charge is 0.0876 e. The van der Waals surface area contributed by atoms with Gasteiger partial charge < -0.3 is 0 Å². The third-order valence-electron chi connectivity index (χ3n) is 4.20. The molecule has 82 valence electrons. The maximum atomic E-state index is 2.42. The van der Waals surface area contributed by atoms with Gasteiger partial charge in [0.1, 0.15) is 0 Å². The highest BCUT2D eigenvalue weighted by Gasteiger charge is 2.30. The van der Waals surface area contributed by atoms with Gasteiger partial charge in [0.15, 0.2) is 0 Å². The predicted octanol–water partition coefficient (Wildman–Crippen LogP) is 4.54. The molecule has 0 radical (unpaired) electrons. The van der Waals surface area contributed by atoms with Crippen LogP contribution in [0.5, 0.6) is 0 Å². The molecule has 0 saturated heterocycles. The summed E-state index contributed by atoms with van der Waals surface area (Å²) in [7, 11) is 0. The van der Waals surface area contributed by atoms with Crippen molar-refractivity contribution in [1.29, 1.82) is 0 Å². The van der Waals surface area contributed by atoms with Crippen LogP contribution < -0.4 is 0 Å². The number of hydrogen-bond donors (Lipinski definition) is 0. The minimum absolute atomic E-state index is 0.645. The predicted molar refractivity (Wildman–Crippen MR) is 69.3 cm³/mol. The first kappa shape index (κ1) is 9.89. The van der Waals surface area contributed by atoms with Gasteiger partial charge in [-0.2, -0.15) is 0 Å². The van der Waals surface area contributed by atoms with Gasteiger partial charge in [-0.3, -0.25) is 0 Å². The third-order valence-corrected chi connectivity index (χ3v) is 4.20. The average molecular weight is 210 g/mol. The molecule has 0 bridgehead atoms. The zero-order valence-electron chi connectivity index (χ0n) is 10.0. The highest BCUT2D eigenvalue weighted by atomic mass is 14.3. The quantitative estimate of drug-likeness (QED) is 0.551. The molecule has 2 aliphatic rings. The van der Waals surface area contributed by atoms with Crippen LogP contribution in [0.4, 0.5) is 0 Å². The Hall–Kier alpha value is -1.30. The van der Waals surface area contributed by atoms with Gasteiger partial charge in [0, 0.05) is 5.92 Å². The van der Waals surface area contributed by atoms with Crippen LogP contribution in [0.3, 0.4) is 0 Å². The molecule has 0 N–H and O–H groups in total. The molecule has 2 unspecified atom stereocenters. The van der Waals surface area contributed by atoms with Gasteiger partial charge in [-0.25, -0.2) is 0 Å². The Kier molecular flexibility index (Phi) is 2.24. The van der Waals surface area contributed by atoms with Crippen LogP contribution in [0.2, 0.25) is 0 Å². The topological polar surface area (TPSA) is 0 Å². The summed E-state index contributed by atoms with van der Waals surface area (Å²) in [6.45, 7) is 4.66.